The molecule has 136 valence electrons. The van der Waals surface area contributed by atoms with Crippen molar-refractivity contribution in [2.75, 3.05) is 19.7 Å². The van der Waals surface area contributed by atoms with Crippen LogP contribution in [0.3, 0.4) is 0 Å². The average Bonchev–Trinajstić information content (AvgIpc) is 3.42. The van der Waals surface area contributed by atoms with Gasteiger partial charge in [0.15, 0.2) is 0 Å². The molecule has 1 atom stereocenters. The Bertz CT molecular complexity index is 642. The van der Waals surface area contributed by atoms with Gasteiger partial charge in [-0.1, -0.05) is 19.1 Å². The summed E-state index contributed by atoms with van der Waals surface area (Å²) in [6.45, 7) is 3.83. The number of carboxylic acid groups (broad SMARTS) is 1. The van der Waals surface area contributed by atoms with Crippen LogP contribution < -0.4 is 10.1 Å². The van der Waals surface area contributed by atoms with Gasteiger partial charge in [0.25, 0.3) is 5.91 Å². The predicted octanol–water partition coefficient (Wildman–Crippen LogP) is 1.53. The first-order valence-electron chi connectivity index (χ1n) is 8.46. The van der Waals surface area contributed by atoms with Crippen LogP contribution in [-0.2, 0) is 9.59 Å². The Morgan fingerprint density at radius 2 is 2.00 bits per heavy atom. The molecule has 1 aliphatic rings. The van der Waals surface area contributed by atoms with Crippen LogP contribution in [0.5, 0.6) is 5.75 Å². The van der Waals surface area contributed by atoms with Crippen LogP contribution in [0.1, 0.15) is 37.0 Å². The van der Waals surface area contributed by atoms with E-state index in [2.05, 4.69) is 5.32 Å². The van der Waals surface area contributed by atoms with Crippen molar-refractivity contribution in [1.82, 2.24) is 10.2 Å². The summed E-state index contributed by atoms with van der Waals surface area (Å²) in [4.78, 5) is 37.3. The van der Waals surface area contributed by atoms with Crippen molar-refractivity contribution in [1.29, 1.82) is 0 Å². The first kappa shape index (κ1) is 18.8. The van der Waals surface area contributed by atoms with E-state index in [9.17, 15) is 14.4 Å². The van der Waals surface area contributed by atoms with Crippen LogP contribution in [0.15, 0.2) is 24.3 Å². The summed E-state index contributed by atoms with van der Waals surface area (Å²) in [6, 6.07) is 6.92. The number of carboxylic acids is 1. The monoisotopic (exact) mass is 348 g/mol. The number of nitrogens with one attached hydrogen (secondary N) is 1. The van der Waals surface area contributed by atoms with Crippen LogP contribution in [0.4, 0.5) is 0 Å². The third-order valence-electron chi connectivity index (χ3n) is 4.03. The Hall–Kier alpha value is -2.57. The molecule has 0 heterocycles. The first-order valence-corrected chi connectivity index (χ1v) is 8.46. The maximum atomic E-state index is 12.4. The van der Waals surface area contributed by atoms with Crippen LogP contribution in [0, 0.1) is 5.92 Å². The van der Waals surface area contributed by atoms with Crippen molar-refractivity contribution in [3.8, 4) is 5.75 Å². The number of hydrogen-bond donors (Lipinski definition) is 2. The molecule has 25 heavy (non-hydrogen) atoms. The molecule has 0 aromatic heterocycles. The fourth-order valence-electron chi connectivity index (χ4n) is 2.50. The van der Waals surface area contributed by atoms with Gasteiger partial charge in [-0.25, -0.2) is 0 Å². The smallest absolute Gasteiger partial charge is 0.308 e. The van der Waals surface area contributed by atoms with E-state index in [0.29, 0.717) is 17.9 Å². The standard InChI is InChI=1S/C18H24N2O5/c1-3-25-15-7-5-4-6-14(15)17(22)19-10-16(21)20(13-8-9-13)11-12(2)18(23)24/h4-7,12-13H,3,8-11H2,1-2H3,(H,19,22)(H,23,24). The summed E-state index contributed by atoms with van der Waals surface area (Å²) in [6.07, 6.45) is 1.75. The van der Waals surface area contributed by atoms with Crippen LogP contribution in [0.2, 0.25) is 0 Å². The number of nitrogens with zero attached hydrogens (tertiary/aromatic N) is 1. The zero-order chi connectivity index (χ0) is 18.4. The fraction of sp³-hybridized carbons (Fsp3) is 0.500. The zero-order valence-corrected chi connectivity index (χ0v) is 14.5. The molecule has 0 radical (unpaired) electrons. The van der Waals surface area contributed by atoms with Gasteiger partial charge in [-0.05, 0) is 31.9 Å². The van der Waals surface area contributed by atoms with Crippen LogP contribution in [-0.4, -0.2) is 53.5 Å². The van der Waals surface area contributed by atoms with Crippen molar-refractivity contribution >= 4 is 17.8 Å². The second-order valence-electron chi connectivity index (χ2n) is 6.13. The number of carbonyl (C=O) groups is 3. The van der Waals surface area contributed by atoms with Gasteiger partial charge in [-0.3, -0.25) is 14.4 Å². The van der Waals surface area contributed by atoms with E-state index < -0.39 is 11.9 Å². The molecule has 1 fully saturated rings. The third kappa shape index (κ3) is 5.20. The maximum Gasteiger partial charge on any atom is 0.308 e. The number of amides is 2. The highest BCUT2D eigenvalue weighted by molar-refractivity contribution is 5.98. The van der Waals surface area contributed by atoms with E-state index in [1.54, 1.807) is 36.1 Å². The van der Waals surface area contributed by atoms with Crippen LogP contribution >= 0.6 is 0 Å². The largest absolute Gasteiger partial charge is 0.493 e. The van der Waals surface area contributed by atoms with Gasteiger partial charge in [-0.15, -0.1) is 0 Å². The molecule has 2 amide bonds. The number of benzene rings is 1. The molecule has 1 aromatic carbocycles. The van der Waals surface area contributed by atoms with E-state index in [0.717, 1.165) is 12.8 Å². The van der Waals surface area contributed by atoms with Gasteiger partial charge in [-0.2, -0.15) is 0 Å². The first-order chi connectivity index (χ1) is 11.9. The predicted molar refractivity (Wildman–Crippen MR) is 91.5 cm³/mol. The maximum absolute atomic E-state index is 12.4. The number of rotatable bonds is 9. The molecule has 2 rings (SSSR count). The lowest BCUT2D eigenvalue weighted by molar-refractivity contribution is -0.143. The average molecular weight is 348 g/mol. The highest BCUT2D eigenvalue weighted by atomic mass is 16.5. The second-order valence-corrected chi connectivity index (χ2v) is 6.13. The summed E-state index contributed by atoms with van der Waals surface area (Å²) in [7, 11) is 0. The SMILES string of the molecule is CCOc1ccccc1C(=O)NCC(=O)N(CC(C)C(=O)O)C1CC1. The van der Waals surface area contributed by atoms with Crippen molar-refractivity contribution in [2.45, 2.75) is 32.7 Å². The number of para-hydroxylation sites is 1. The molecule has 0 aliphatic heterocycles. The lowest BCUT2D eigenvalue weighted by Crippen LogP contribution is -2.44. The summed E-state index contributed by atoms with van der Waals surface area (Å²) < 4.78 is 5.42. The van der Waals surface area contributed by atoms with Gasteiger partial charge in [0.1, 0.15) is 5.75 Å². The molecule has 1 unspecified atom stereocenters. The Balaban J connectivity index is 1.96. The number of carbonyl (C=O) groups excluding carboxylic acids is 2. The van der Waals surface area contributed by atoms with Gasteiger partial charge in [0, 0.05) is 12.6 Å². The van der Waals surface area contributed by atoms with Crippen molar-refractivity contribution in [3.05, 3.63) is 29.8 Å². The minimum atomic E-state index is -0.937. The van der Waals surface area contributed by atoms with E-state index >= 15 is 0 Å². The second kappa shape index (κ2) is 8.50. The lowest BCUT2D eigenvalue weighted by atomic mass is 10.1. The van der Waals surface area contributed by atoms with E-state index in [4.69, 9.17) is 9.84 Å². The fourth-order valence-corrected chi connectivity index (χ4v) is 2.50. The van der Waals surface area contributed by atoms with Crippen LogP contribution in [0.25, 0.3) is 0 Å². The molecular formula is C18H24N2O5. The minimum Gasteiger partial charge on any atom is -0.493 e. The summed E-state index contributed by atoms with van der Waals surface area (Å²) in [5.41, 5.74) is 0.369. The van der Waals surface area contributed by atoms with E-state index in [1.807, 2.05) is 6.92 Å². The Kier molecular flexibility index (Phi) is 6.38. The normalized spacial score (nSPS) is 14.5. The quantitative estimate of drug-likeness (QED) is 0.705. The van der Waals surface area contributed by atoms with E-state index in [-0.39, 0.29) is 30.9 Å². The number of ether oxygens (including phenoxy) is 1. The molecule has 1 saturated carbocycles. The molecule has 7 heteroatoms. The Morgan fingerprint density at radius 3 is 2.60 bits per heavy atom. The number of aliphatic carboxylic acids is 1. The highest BCUT2D eigenvalue weighted by Crippen LogP contribution is 2.27. The molecule has 0 bridgehead atoms. The minimum absolute atomic E-state index is 0.0851. The molecular weight excluding hydrogens is 324 g/mol. The summed E-state index contributed by atoms with van der Waals surface area (Å²) >= 11 is 0. The molecule has 0 saturated heterocycles. The lowest BCUT2D eigenvalue weighted by Gasteiger charge is -2.24. The van der Waals surface area contributed by atoms with Gasteiger partial charge in [0.05, 0.1) is 24.6 Å². The Morgan fingerprint density at radius 1 is 1.32 bits per heavy atom. The molecule has 7 nitrogen and oxygen atoms in total. The molecule has 1 aliphatic carbocycles. The zero-order valence-electron chi connectivity index (χ0n) is 14.5. The van der Waals surface area contributed by atoms with Crippen molar-refractivity contribution < 1.29 is 24.2 Å². The van der Waals surface area contributed by atoms with Gasteiger partial charge in [0.2, 0.25) is 5.91 Å². The van der Waals surface area contributed by atoms with Gasteiger partial charge < -0.3 is 20.1 Å². The third-order valence-corrected chi connectivity index (χ3v) is 4.03. The highest BCUT2D eigenvalue weighted by Gasteiger charge is 2.34. The van der Waals surface area contributed by atoms with Crippen molar-refractivity contribution in [3.63, 3.8) is 0 Å². The topological polar surface area (TPSA) is 95.9 Å². The molecule has 2 N–H and O–H groups in total. The van der Waals surface area contributed by atoms with Crippen molar-refractivity contribution in [2.24, 2.45) is 5.92 Å². The summed E-state index contributed by atoms with van der Waals surface area (Å²) in [5.74, 6) is -1.77. The van der Waals surface area contributed by atoms with Gasteiger partial charge >= 0.3 is 5.97 Å². The molecule has 0 spiro atoms. The van der Waals surface area contributed by atoms with E-state index in [1.165, 1.54) is 0 Å². The summed E-state index contributed by atoms with van der Waals surface area (Å²) in [5, 5.41) is 11.6. The molecule has 1 aromatic rings. The number of hydrogen-bond acceptors (Lipinski definition) is 4. The Labute approximate surface area is 147 Å².